The summed E-state index contributed by atoms with van der Waals surface area (Å²) in [6, 6.07) is 0.0807. The lowest BCUT2D eigenvalue weighted by Gasteiger charge is -2.13. The van der Waals surface area contributed by atoms with Gasteiger partial charge in [-0.3, -0.25) is 0 Å². The van der Waals surface area contributed by atoms with Crippen LogP contribution in [-0.4, -0.2) is 38.0 Å². The second-order valence-electron chi connectivity index (χ2n) is 3.43. The molecule has 12 heavy (non-hydrogen) atoms. The number of hydrogen-bond donors (Lipinski definition) is 2. The zero-order valence-corrected chi connectivity index (χ0v) is 8.34. The normalized spacial score (nSPS) is 13.8. The van der Waals surface area contributed by atoms with E-state index in [0.29, 0.717) is 12.5 Å². The van der Waals surface area contributed by atoms with Crippen LogP contribution in [0.25, 0.3) is 0 Å². The van der Waals surface area contributed by atoms with Gasteiger partial charge in [-0.1, -0.05) is 13.8 Å². The second kappa shape index (κ2) is 7.53. The summed E-state index contributed by atoms with van der Waals surface area (Å²) in [5, 5.41) is 11.8. The van der Waals surface area contributed by atoms with E-state index >= 15 is 0 Å². The molecule has 1 unspecified atom stereocenters. The average Bonchev–Trinajstić information content (AvgIpc) is 2.04. The predicted octanol–water partition coefficient (Wildman–Crippen LogP) is 0.629. The Morgan fingerprint density at radius 3 is 2.50 bits per heavy atom. The van der Waals surface area contributed by atoms with Gasteiger partial charge in [-0.15, -0.1) is 0 Å². The molecule has 0 aliphatic heterocycles. The summed E-state index contributed by atoms with van der Waals surface area (Å²) in [5.74, 6) is 0.687. The van der Waals surface area contributed by atoms with Gasteiger partial charge in [0.05, 0.1) is 19.3 Å². The van der Waals surface area contributed by atoms with Crippen LogP contribution >= 0.6 is 0 Å². The van der Waals surface area contributed by atoms with Crippen molar-refractivity contribution in [2.45, 2.75) is 26.3 Å². The fourth-order valence-corrected chi connectivity index (χ4v) is 0.772. The van der Waals surface area contributed by atoms with E-state index in [1.807, 2.05) is 7.05 Å². The summed E-state index contributed by atoms with van der Waals surface area (Å²) in [6.07, 6.45) is 1.09. The van der Waals surface area contributed by atoms with Gasteiger partial charge in [0.2, 0.25) is 0 Å². The standard InChI is InChI=1S/C9H21NO2/c1-8(2)4-5-12-7-9(6-11)10-3/h8-11H,4-7H2,1-3H3. The first-order chi connectivity index (χ1) is 5.70. The Labute approximate surface area is 75.1 Å². The molecule has 1 atom stereocenters. The van der Waals surface area contributed by atoms with Crippen LogP contribution in [0.15, 0.2) is 0 Å². The van der Waals surface area contributed by atoms with E-state index in [1.165, 1.54) is 0 Å². The van der Waals surface area contributed by atoms with Crippen molar-refractivity contribution < 1.29 is 9.84 Å². The van der Waals surface area contributed by atoms with Gasteiger partial charge < -0.3 is 15.2 Å². The van der Waals surface area contributed by atoms with Crippen LogP contribution in [0.3, 0.4) is 0 Å². The number of hydrogen-bond acceptors (Lipinski definition) is 3. The van der Waals surface area contributed by atoms with Crippen molar-refractivity contribution in [3.8, 4) is 0 Å². The molecular formula is C9H21NO2. The number of aliphatic hydroxyl groups is 1. The summed E-state index contributed by atoms with van der Waals surface area (Å²) in [5.41, 5.74) is 0. The minimum atomic E-state index is 0.0807. The fraction of sp³-hybridized carbons (Fsp3) is 1.00. The Morgan fingerprint density at radius 2 is 2.08 bits per heavy atom. The van der Waals surface area contributed by atoms with Gasteiger partial charge in [-0.2, -0.15) is 0 Å². The molecule has 0 aromatic carbocycles. The molecule has 0 radical (unpaired) electrons. The lowest BCUT2D eigenvalue weighted by molar-refractivity contribution is 0.0846. The molecule has 0 fully saturated rings. The third-order valence-corrected chi connectivity index (χ3v) is 1.79. The zero-order chi connectivity index (χ0) is 9.40. The molecule has 0 aromatic heterocycles. The Morgan fingerprint density at radius 1 is 1.42 bits per heavy atom. The predicted molar refractivity (Wildman–Crippen MR) is 50.2 cm³/mol. The Hall–Kier alpha value is -0.120. The van der Waals surface area contributed by atoms with Gasteiger partial charge >= 0.3 is 0 Å². The summed E-state index contributed by atoms with van der Waals surface area (Å²) < 4.78 is 5.37. The monoisotopic (exact) mass is 175 g/mol. The van der Waals surface area contributed by atoms with Crippen molar-refractivity contribution in [3.63, 3.8) is 0 Å². The Balaban J connectivity index is 3.17. The van der Waals surface area contributed by atoms with Gasteiger partial charge in [0.15, 0.2) is 0 Å². The average molecular weight is 175 g/mol. The van der Waals surface area contributed by atoms with Gasteiger partial charge in [-0.05, 0) is 19.4 Å². The SMILES string of the molecule is CNC(CO)COCCC(C)C. The minimum absolute atomic E-state index is 0.0807. The molecule has 0 rings (SSSR count). The van der Waals surface area contributed by atoms with Crippen molar-refractivity contribution in [2.24, 2.45) is 5.92 Å². The molecule has 74 valence electrons. The van der Waals surface area contributed by atoms with E-state index in [0.717, 1.165) is 13.0 Å². The van der Waals surface area contributed by atoms with E-state index in [2.05, 4.69) is 19.2 Å². The lowest BCUT2D eigenvalue weighted by atomic mass is 10.1. The summed E-state index contributed by atoms with van der Waals surface area (Å²) in [4.78, 5) is 0. The maximum atomic E-state index is 8.79. The number of likely N-dealkylation sites (N-methyl/N-ethyl adjacent to an activating group) is 1. The maximum Gasteiger partial charge on any atom is 0.0641 e. The van der Waals surface area contributed by atoms with Crippen LogP contribution in [0.5, 0.6) is 0 Å². The van der Waals surface area contributed by atoms with Crippen molar-refractivity contribution in [3.05, 3.63) is 0 Å². The zero-order valence-electron chi connectivity index (χ0n) is 8.34. The second-order valence-corrected chi connectivity index (χ2v) is 3.43. The lowest BCUT2D eigenvalue weighted by Crippen LogP contribution is -2.33. The molecule has 0 amide bonds. The Kier molecular flexibility index (Phi) is 7.45. The van der Waals surface area contributed by atoms with Crippen LogP contribution in [0.4, 0.5) is 0 Å². The first-order valence-electron chi connectivity index (χ1n) is 4.56. The summed E-state index contributed by atoms with van der Waals surface area (Å²) >= 11 is 0. The van der Waals surface area contributed by atoms with Gasteiger partial charge in [0, 0.05) is 6.61 Å². The van der Waals surface area contributed by atoms with Gasteiger partial charge in [0.25, 0.3) is 0 Å². The Bertz CT molecular complexity index is 92.5. The van der Waals surface area contributed by atoms with E-state index < -0.39 is 0 Å². The smallest absolute Gasteiger partial charge is 0.0641 e. The molecule has 3 heteroatoms. The molecular weight excluding hydrogens is 154 g/mol. The molecule has 0 heterocycles. The molecule has 0 aromatic rings. The fourth-order valence-electron chi connectivity index (χ4n) is 0.772. The first kappa shape index (κ1) is 11.9. The van der Waals surface area contributed by atoms with Crippen molar-refractivity contribution in [1.82, 2.24) is 5.32 Å². The quantitative estimate of drug-likeness (QED) is 0.558. The molecule has 0 bridgehead atoms. The number of aliphatic hydroxyl groups excluding tert-OH is 1. The maximum absolute atomic E-state index is 8.79. The molecule has 0 spiro atoms. The number of ether oxygens (including phenoxy) is 1. The van der Waals surface area contributed by atoms with E-state index in [9.17, 15) is 0 Å². The van der Waals surface area contributed by atoms with E-state index in [4.69, 9.17) is 9.84 Å². The molecule has 0 saturated heterocycles. The molecule has 2 N–H and O–H groups in total. The highest BCUT2D eigenvalue weighted by molar-refractivity contribution is 4.60. The third kappa shape index (κ3) is 6.58. The molecule has 0 aliphatic carbocycles. The molecule has 0 aliphatic rings. The highest BCUT2D eigenvalue weighted by Gasteiger charge is 2.03. The van der Waals surface area contributed by atoms with Gasteiger partial charge in [-0.25, -0.2) is 0 Å². The highest BCUT2D eigenvalue weighted by Crippen LogP contribution is 1.98. The van der Waals surface area contributed by atoms with Crippen LogP contribution in [0.1, 0.15) is 20.3 Å². The summed E-state index contributed by atoms with van der Waals surface area (Å²) in [6.45, 7) is 5.86. The topological polar surface area (TPSA) is 41.5 Å². The minimum Gasteiger partial charge on any atom is -0.395 e. The van der Waals surface area contributed by atoms with Crippen LogP contribution in [-0.2, 0) is 4.74 Å². The van der Waals surface area contributed by atoms with E-state index in [-0.39, 0.29) is 12.6 Å². The largest absolute Gasteiger partial charge is 0.395 e. The molecule has 0 saturated carbocycles. The highest BCUT2D eigenvalue weighted by atomic mass is 16.5. The van der Waals surface area contributed by atoms with Gasteiger partial charge in [0.1, 0.15) is 0 Å². The van der Waals surface area contributed by atoms with Crippen molar-refractivity contribution >= 4 is 0 Å². The van der Waals surface area contributed by atoms with Crippen LogP contribution < -0.4 is 5.32 Å². The van der Waals surface area contributed by atoms with Crippen LogP contribution in [0, 0.1) is 5.92 Å². The van der Waals surface area contributed by atoms with E-state index in [1.54, 1.807) is 0 Å². The number of nitrogens with one attached hydrogen (secondary N) is 1. The number of rotatable bonds is 7. The van der Waals surface area contributed by atoms with Crippen LogP contribution in [0.2, 0.25) is 0 Å². The van der Waals surface area contributed by atoms with Crippen molar-refractivity contribution in [1.29, 1.82) is 0 Å². The van der Waals surface area contributed by atoms with Crippen molar-refractivity contribution in [2.75, 3.05) is 26.9 Å². The molecule has 3 nitrogen and oxygen atoms in total. The first-order valence-corrected chi connectivity index (χ1v) is 4.56. The summed E-state index contributed by atoms with van der Waals surface area (Å²) in [7, 11) is 1.83. The third-order valence-electron chi connectivity index (χ3n) is 1.79.